The third-order valence-electron chi connectivity index (χ3n) is 2.52. The molecule has 0 saturated heterocycles. The summed E-state index contributed by atoms with van der Waals surface area (Å²) in [6, 6.07) is 7.63. The first-order valence-electron chi connectivity index (χ1n) is 5.74. The highest BCUT2D eigenvalue weighted by Crippen LogP contribution is 2.08. The number of aromatic nitrogens is 1. The van der Waals surface area contributed by atoms with Gasteiger partial charge >= 0.3 is 0 Å². The van der Waals surface area contributed by atoms with Gasteiger partial charge in [0.1, 0.15) is 5.69 Å². The highest BCUT2D eigenvalue weighted by Gasteiger charge is 2.06. The molecule has 0 aliphatic heterocycles. The molecule has 0 aromatic carbocycles. The summed E-state index contributed by atoms with van der Waals surface area (Å²) in [6.45, 7) is 0.634. The third kappa shape index (κ3) is 3.30. The van der Waals surface area contributed by atoms with Crippen molar-refractivity contribution in [1.29, 1.82) is 0 Å². The normalized spacial score (nSPS) is 10.1. The monoisotopic (exact) mass is 261 g/mol. The van der Waals surface area contributed by atoms with Gasteiger partial charge in [0, 0.05) is 18.5 Å². The van der Waals surface area contributed by atoms with Gasteiger partial charge in [0.25, 0.3) is 5.91 Å². The van der Waals surface area contributed by atoms with Crippen molar-refractivity contribution in [1.82, 2.24) is 10.3 Å². The van der Waals surface area contributed by atoms with Crippen LogP contribution >= 0.6 is 11.3 Å². The molecule has 0 radical (unpaired) electrons. The van der Waals surface area contributed by atoms with Gasteiger partial charge in [-0.15, -0.1) is 11.3 Å². The summed E-state index contributed by atoms with van der Waals surface area (Å²) < 4.78 is 0. The van der Waals surface area contributed by atoms with Crippen LogP contribution in [0.1, 0.15) is 15.4 Å². The number of amides is 1. The number of nitrogens with zero attached hydrogens (tertiary/aromatic N) is 1. The molecule has 2 N–H and O–H groups in total. The van der Waals surface area contributed by atoms with Crippen molar-refractivity contribution in [2.45, 2.75) is 6.42 Å². The Morgan fingerprint density at radius 3 is 2.89 bits per heavy atom. The van der Waals surface area contributed by atoms with Gasteiger partial charge in [-0.2, -0.15) is 0 Å². The quantitative estimate of drug-likeness (QED) is 0.867. The van der Waals surface area contributed by atoms with Crippen LogP contribution in [0, 0.1) is 0 Å². The summed E-state index contributed by atoms with van der Waals surface area (Å²) >= 11 is 1.70. The number of carbonyl (C=O) groups is 1. The second-order valence-corrected chi connectivity index (χ2v) is 4.80. The number of carbonyl (C=O) groups excluding carboxylic acids is 1. The maximum Gasteiger partial charge on any atom is 0.269 e. The lowest BCUT2D eigenvalue weighted by molar-refractivity contribution is 0.0949. The Balaban J connectivity index is 1.83. The van der Waals surface area contributed by atoms with E-state index in [1.54, 1.807) is 23.6 Å². The van der Waals surface area contributed by atoms with Crippen LogP contribution in [0.5, 0.6) is 0 Å². The lowest BCUT2D eigenvalue weighted by Crippen LogP contribution is -2.26. The zero-order valence-corrected chi connectivity index (χ0v) is 11.0. The average molecular weight is 261 g/mol. The number of nitrogens with one attached hydrogen (secondary N) is 2. The van der Waals surface area contributed by atoms with Crippen LogP contribution in [0.15, 0.2) is 35.8 Å². The number of thiophene rings is 1. The molecule has 0 unspecified atom stereocenters. The first-order valence-corrected chi connectivity index (χ1v) is 6.62. The minimum atomic E-state index is -0.130. The first-order chi connectivity index (χ1) is 8.79. The van der Waals surface area contributed by atoms with Crippen molar-refractivity contribution in [2.24, 2.45) is 0 Å². The van der Waals surface area contributed by atoms with Crippen molar-refractivity contribution < 1.29 is 4.79 Å². The van der Waals surface area contributed by atoms with E-state index < -0.39 is 0 Å². The largest absolute Gasteiger partial charge is 0.387 e. The number of pyridine rings is 1. The summed E-state index contributed by atoms with van der Waals surface area (Å²) in [7, 11) is 1.82. The number of rotatable bonds is 5. The Labute approximate surface area is 110 Å². The average Bonchev–Trinajstić information content (AvgIpc) is 2.92. The van der Waals surface area contributed by atoms with E-state index >= 15 is 0 Å². The molecule has 2 rings (SSSR count). The fourth-order valence-corrected chi connectivity index (χ4v) is 2.23. The van der Waals surface area contributed by atoms with Crippen LogP contribution in [0.3, 0.4) is 0 Å². The van der Waals surface area contributed by atoms with Crippen LogP contribution in [0.25, 0.3) is 0 Å². The summed E-state index contributed by atoms with van der Waals surface area (Å²) in [5, 5.41) is 7.86. The first kappa shape index (κ1) is 12.6. The minimum Gasteiger partial charge on any atom is -0.387 e. The van der Waals surface area contributed by atoms with Gasteiger partial charge < -0.3 is 10.6 Å². The molecular weight excluding hydrogens is 246 g/mol. The SMILES string of the molecule is CNc1ccc(C(=O)NCCc2cccs2)nc1. The fourth-order valence-electron chi connectivity index (χ4n) is 1.52. The Kier molecular flexibility index (Phi) is 4.30. The van der Waals surface area contributed by atoms with E-state index in [2.05, 4.69) is 21.7 Å². The van der Waals surface area contributed by atoms with Crippen LogP contribution in [-0.2, 0) is 6.42 Å². The highest BCUT2D eigenvalue weighted by molar-refractivity contribution is 7.09. The summed E-state index contributed by atoms with van der Waals surface area (Å²) in [5.74, 6) is -0.130. The molecule has 18 heavy (non-hydrogen) atoms. The van der Waals surface area contributed by atoms with E-state index in [0.29, 0.717) is 12.2 Å². The smallest absolute Gasteiger partial charge is 0.269 e. The van der Waals surface area contributed by atoms with Gasteiger partial charge in [-0.05, 0) is 30.0 Å². The maximum absolute atomic E-state index is 11.8. The standard InChI is InChI=1S/C13H15N3OS/c1-14-10-4-5-12(16-9-10)13(17)15-7-6-11-3-2-8-18-11/h2-5,8-9,14H,6-7H2,1H3,(H,15,17). The predicted molar refractivity (Wildman–Crippen MR) is 74.1 cm³/mol. The van der Waals surface area contributed by atoms with Gasteiger partial charge in [0.05, 0.1) is 11.9 Å². The Morgan fingerprint density at radius 2 is 2.28 bits per heavy atom. The molecule has 0 aliphatic rings. The van der Waals surface area contributed by atoms with E-state index in [0.717, 1.165) is 12.1 Å². The molecule has 1 amide bonds. The molecule has 0 spiro atoms. The van der Waals surface area contributed by atoms with Crippen molar-refractivity contribution in [3.05, 3.63) is 46.4 Å². The summed E-state index contributed by atoms with van der Waals surface area (Å²) in [5.41, 5.74) is 1.34. The Morgan fingerprint density at radius 1 is 1.39 bits per heavy atom. The molecule has 0 aliphatic carbocycles. The van der Waals surface area contributed by atoms with Gasteiger partial charge in [-0.1, -0.05) is 6.07 Å². The topological polar surface area (TPSA) is 54.0 Å². The van der Waals surface area contributed by atoms with Gasteiger partial charge in [-0.3, -0.25) is 4.79 Å². The van der Waals surface area contributed by atoms with Gasteiger partial charge in [-0.25, -0.2) is 4.98 Å². The van der Waals surface area contributed by atoms with Gasteiger partial charge in [0.15, 0.2) is 0 Å². The molecular formula is C13H15N3OS. The predicted octanol–water partition coefficient (Wildman–Crippen LogP) is 2.16. The molecule has 0 fully saturated rings. The maximum atomic E-state index is 11.8. The molecule has 2 aromatic heterocycles. The van der Waals surface area contributed by atoms with E-state index in [-0.39, 0.29) is 5.91 Å². The number of hydrogen-bond donors (Lipinski definition) is 2. The lowest BCUT2D eigenvalue weighted by atomic mass is 10.3. The van der Waals surface area contributed by atoms with E-state index in [1.807, 2.05) is 24.6 Å². The Hall–Kier alpha value is -1.88. The van der Waals surface area contributed by atoms with Crippen LogP contribution in [0.2, 0.25) is 0 Å². The Bertz CT molecular complexity index is 493. The molecule has 4 nitrogen and oxygen atoms in total. The van der Waals surface area contributed by atoms with Crippen molar-refractivity contribution in [2.75, 3.05) is 18.9 Å². The second kappa shape index (κ2) is 6.16. The van der Waals surface area contributed by atoms with E-state index in [9.17, 15) is 4.79 Å². The molecule has 0 bridgehead atoms. The van der Waals surface area contributed by atoms with Crippen LogP contribution < -0.4 is 10.6 Å². The number of hydrogen-bond acceptors (Lipinski definition) is 4. The fraction of sp³-hybridized carbons (Fsp3) is 0.231. The van der Waals surface area contributed by atoms with Crippen LogP contribution in [0.4, 0.5) is 5.69 Å². The van der Waals surface area contributed by atoms with Crippen molar-refractivity contribution in [3.63, 3.8) is 0 Å². The summed E-state index contributed by atoms with van der Waals surface area (Å²) in [6.07, 6.45) is 2.51. The molecule has 2 aromatic rings. The molecule has 5 heteroatoms. The zero-order valence-electron chi connectivity index (χ0n) is 10.1. The van der Waals surface area contributed by atoms with Crippen LogP contribution in [-0.4, -0.2) is 24.5 Å². The molecule has 0 saturated carbocycles. The second-order valence-electron chi connectivity index (χ2n) is 3.77. The van der Waals surface area contributed by atoms with Crippen molar-refractivity contribution in [3.8, 4) is 0 Å². The van der Waals surface area contributed by atoms with E-state index in [1.165, 1.54) is 4.88 Å². The third-order valence-corrected chi connectivity index (χ3v) is 3.46. The highest BCUT2D eigenvalue weighted by atomic mass is 32.1. The molecule has 94 valence electrons. The lowest BCUT2D eigenvalue weighted by Gasteiger charge is -2.04. The molecule has 2 heterocycles. The van der Waals surface area contributed by atoms with E-state index in [4.69, 9.17) is 0 Å². The summed E-state index contributed by atoms with van der Waals surface area (Å²) in [4.78, 5) is 17.1. The minimum absolute atomic E-state index is 0.130. The number of anilines is 1. The molecule has 0 atom stereocenters. The van der Waals surface area contributed by atoms with Crippen molar-refractivity contribution >= 4 is 22.9 Å². The van der Waals surface area contributed by atoms with Gasteiger partial charge in [0.2, 0.25) is 0 Å². The zero-order chi connectivity index (χ0) is 12.8.